The van der Waals surface area contributed by atoms with Crippen LogP contribution in [0.1, 0.15) is 42.9 Å². The number of nitrogens with zero attached hydrogens (tertiary/aromatic N) is 4. The summed E-state index contributed by atoms with van der Waals surface area (Å²) in [4.78, 5) is 42.5. The van der Waals surface area contributed by atoms with Gasteiger partial charge in [-0.2, -0.15) is 10.3 Å². The van der Waals surface area contributed by atoms with Gasteiger partial charge in [-0.1, -0.05) is 36.4 Å². The molecule has 2 aromatic carbocycles. The molecular formula is C30H33F2N5O5. The number of hydrazine groups is 1. The summed E-state index contributed by atoms with van der Waals surface area (Å²) in [7, 11) is 2.51. The van der Waals surface area contributed by atoms with E-state index < -0.39 is 41.0 Å². The standard InChI is InChI=1S/C30H33F2N5O5/c1-41-17-25-26(28(39)42-2)27(20-8-9-23(31)24(32)16-20)37(29(40)35-25)36(19-38)15-14-34-22-10-12-30(18-33,13-11-22)21-6-4-3-5-7-21/h3-9,16,19,22,26-27,34H,10-15,17H2,1-2H3. The molecule has 1 N–H and O–H groups in total. The maximum atomic E-state index is 14.3. The number of esters is 1. The maximum absolute atomic E-state index is 14.3. The highest BCUT2D eigenvalue weighted by molar-refractivity contribution is 6.10. The van der Waals surface area contributed by atoms with Crippen molar-refractivity contribution < 1.29 is 32.6 Å². The van der Waals surface area contributed by atoms with Gasteiger partial charge in [0.2, 0.25) is 6.41 Å². The molecule has 2 unspecified atom stereocenters. The molecule has 10 nitrogen and oxygen atoms in total. The van der Waals surface area contributed by atoms with E-state index in [1.807, 2.05) is 30.3 Å². The van der Waals surface area contributed by atoms with E-state index in [1.54, 1.807) is 0 Å². The normalized spacial score (nSPS) is 24.0. The van der Waals surface area contributed by atoms with Crippen molar-refractivity contribution in [3.8, 4) is 6.07 Å². The van der Waals surface area contributed by atoms with Gasteiger partial charge in [-0.25, -0.2) is 18.6 Å². The summed E-state index contributed by atoms with van der Waals surface area (Å²) >= 11 is 0. The Kier molecular flexibility index (Phi) is 9.98. The third-order valence-electron chi connectivity index (χ3n) is 7.96. The lowest BCUT2D eigenvalue weighted by molar-refractivity contribution is -0.150. The fourth-order valence-electron chi connectivity index (χ4n) is 5.78. The number of rotatable bonds is 11. The summed E-state index contributed by atoms with van der Waals surface area (Å²) < 4.78 is 38.2. The highest BCUT2D eigenvalue weighted by atomic mass is 19.2. The number of carbonyl (C=O) groups is 3. The molecule has 2 aromatic rings. The number of halogens is 2. The van der Waals surface area contributed by atoms with Gasteiger partial charge in [0.15, 0.2) is 11.6 Å². The first-order chi connectivity index (χ1) is 20.3. The lowest BCUT2D eigenvalue weighted by Gasteiger charge is -2.43. The Hall–Kier alpha value is -4.21. The van der Waals surface area contributed by atoms with Gasteiger partial charge < -0.3 is 14.8 Å². The molecule has 3 amide bonds. The Morgan fingerprint density at radius 2 is 1.90 bits per heavy atom. The number of benzene rings is 2. The molecule has 0 aromatic heterocycles. The molecule has 2 aliphatic rings. The first-order valence-electron chi connectivity index (χ1n) is 13.6. The SMILES string of the molecule is COCC1=NC(=O)N(N(C=O)CCNC2CCC(C#N)(c3ccccc3)CC2)C(c2ccc(F)c(F)c2)C1C(=O)OC. The van der Waals surface area contributed by atoms with E-state index in [1.165, 1.54) is 13.2 Å². The van der Waals surface area contributed by atoms with E-state index in [4.69, 9.17) is 9.47 Å². The van der Waals surface area contributed by atoms with Gasteiger partial charge in [0.05, 0.1) is 43.5 Å². The van der Waals surface area contributed by atoms with Crippen LogP contribution in [-0.4, -0.2) is 74.1 Å². The topological polar surface area (TPSA) is 124 Å². The van der Waals surface area contributed by atoms with E-state index in [0.717, 1.165) is 47.7 Å². The molecule has 1 aliphatic carbocycles. The van der Waals surface area contributed by atoms with Gasteiger partial charge in [-0.05, 0) is 48.9 Å². The van der Waals surface area contributed by atoms with Crippen molar-refractivity contribution in [3.05, 3.63) is 71.3 Å². The molecule has 0 bridgehead atoms. The number of hydrogen-bond donors (Lipinski definition) is 1. The Morgan fingerprint density at radius 3 is 2.50 bits per heavy atom. The number of ether oxygens (including phenoxy) is 2. The zero-order valence-corrected chi connectivity index (χ0v) is 23.5. The van der Waals surface area contributed by atoms with E-state index in [0.29, 0.717) is 19.3 Å². The fraction of sp³-hybridized carbons (Fsp3) is 0.433. The van der Waals surface area contributed by atoms with Crippen molar-refractivity contribution in [2.45, 2.75) is 43.2 Å². The third-order valence-corrected chi connectivity index (χ3v) is 7.96. The average Bonchev–Trinajstić information content (AvgIpc) is 3.01. The molecule has 2 atom stereocenters. The average molecular weight is 582 g/mol. The second-order valence-electron chi connectivity index (χ2n) is 10.3. The van der Waals surface area contributed by atoms with Crippen molar-refractivity contribution >= 4 is 24.1 Å². The van der Waals surface area contributed by atoms with Crippen LogP contribution in [0.4, 0.5) is 13.6 Å². The second kappa shape index (κ2) is 13.6. The van der Waals surface area contributed by atoms with E-state index >= 15 is 0 Å². The molecule has 1 aliphatic heterocycles. The van der Waals surface area contributed by atoms with E-state index in [9.17, 15) is 28.4 Å². The highest BCUT2D eigenvalue weighted by Crippen LogP contribution is 2.39. The van der Waals surface area contributed by atoms with Crippen LogP contribution in [0.2, 0.25) is 0 Å². The number of amides is 3. The Labute approximate surface area is 242 Å². The van der Waals surface area contributed by atoms with Crippen LogP contribution in [0.3, 0.4) is 0 Å². The first-order valence-corrected chi connectivity index (χ1v) is 13.6. The molecule has 42 heavy (non-hydrogen) atoms. The van der Waals surface area contributed by atoms with Crippen molar-refractivity contribution in [1.82, 2.24) is 15.3 Å². The van der Waals surface area contributed by atoms with Gasteiger partial charge in [-0.3, -0.25) is 14.6 Å². The quantitative estimate of drug-likeness (QED) is 0.317. The van der Waals surface area contributed by atoms with Crippen LogP contribution in [0.25, 0.3) is 0 Å². The number of methoxy groups -OCH3 is 2. The van der Waals surface area contributed by atoms with Gasteiger partial charge in [-0.15, -0.1) is 0 Å². The number of carbonyl (C=O) groups excluding carboxylic acids is 3. The van der Waals surface area contributed by atoms with Gasteiger partial charge >= 0.3 is 12.0 Å². The summed E-state index contributed by atoms with van der Waals surface area (Å²) in [6.45, 7) is 0.0914. The maximum Gasteiger partial charge on any atom is 0.363 e. The van der Waals surface area contributed by atoms with E-state index in [2.05, 4.69) is 16.4 Å². The fourth-order valence-corrected chi connectivity index (χ4v) is 5.78. The molecule has 12 heteroatoms. The third kappa shape index (κ3) is 6.32. The zero-order chi connectivity index (χ0) is 30.3. The largest absolute Gasteiger partial charge is 0.468 e. The monoisotopic (exact) mass is 581 g/mol. The van der Waals surface area contributed by atoms with Crippen LogP contribution in [-0.2, 0) is 24.5 Å². The van der Waals surface area contributed by atoms with Crippen molar-refractivity contribution in [2.75, 3.05) is 33.9 Å². The van der Waals surface area contributed by atoms with Crippen LogP contribution in [0.5, 0.6) is 0 Å². The van der Waals surface area contributed by atoms with Gasteiger partial charge in [0.25, 0.3) is 0 Å². The summed E-state index contributed by atoms with van der Waals surface area (Å²) in [5, 5.41) is 15.4. The highest BCUT2D eigenvalue weighted by Gasteiger charge is 2.47. The van der Waals surface area contributed by atoms with E-state index in [-0.39, 0.29) is 37.0 Å². The Bertz CT molecular complexity index is 1360. The number of hydrogen-bond acceptors (Lipinski definition) is 7. The number of urea groups is 1. The first kappa shape index (κ1) is 30.7. The predicted molar refractivity (Wildman–Crippen MR) is 148 cm³/mol. The molecule has 222 valence electrons. The molecule has 0 radical (unpaired) electrons. The summed E-state index contributed by atoms with van der Waals surface area (Å²) in [6, 6.07) is 13.2. The van der Waals surface area contributed by atoms with Crippen LogP contribution in [0, 0.1) is 28.9 Å². The summed E-state index contributed by atoms with van der Waals surface area (Å²) in [6.07, 6.45) is 3.23. The molecular weight excluding hydrogens is 548 g/mol. The molecule has 0 saturated heterocycles. The minimum absolute atomic E-state index is 0.0109. The Balaban J connectivity index is 1.52. The molecule has 1 heterocycles. The zero-order valence-electron chi connectivity index (χ0n) is 23.5. The van der Waals surface area contributed by atoms with Crippen molar-refractivity contribution in [1.29, 1.82) is 5.26 Å². The Morgan fingerprint density at radius 1 is 1.19 bits per heavy atom. The predicted octanol–water partition coefficient (Wildman–Crippen LogP) is 3.69. The number of aliphatic imine (C=N–C) groups is 1. The van der Waals surface area contributed by atoms with Crippen LogP contribution < -0.4 is 5.32 Å². The van der Waals surface area contributed by atoms with Crippen LogP contribution >= 0.6 is 0 Å². The van der Waals surface area contributed by atoms with Gasteiger partial charge in [0, 0.05) is 19.7 Å². The second-order valence-corrected chi connectivity index (χ2v) is 10.3. The number of nitrogens with one attached hydrogen (secondary N) is 1. The van der Waals surface area contributed by atoms with Gasteiger partial charge in [0.1, 0.15) is 5.92 Å². The molecule has 1 fully saturated rings. The number of nitriles is 1. The summed E-state index contributed by atoms with van der Waals surface area (Å²) in [5.41, 5.74) is 0.555. The molecule has 4 rings (SSSR count). The summed E-state index contributed by atoms with van der Waals surface area (Å²) in [5.74, 6) is -4.32. The molecule has 0 spiro atoms. The minimum Gasteiger partial charge on any atom is -0.468 e. The minimum atomic E-state index is -1.26. The lowest BCUT2D eigenvalue weighted by Crippen LogP contribution is -2.56. The van der Waals surface area contributed by atoms with Crippen molar-refractivity contribution in [2.24, 2.45) is 10.9 Å². The molecule has 1 saturated carbocycles. The lowest BCUT2D eigenvalue weighted by atomic mass is 9.69. The van der Waals surface area contributed by atoms with Crippen LogP contribution in [0.15, 0.2) is 53.5 Å². The smallest absolute Gasteiger partial charge is 0.363 e. The van der Waals surface area contributed by atoms with Crippen molar-refractivity contribution in [3.63, 3.8) is 0 Å².